The van der Waals surface area contributed by atoms with Crippen LogP contribution in [0.25, 0.3) is 18.2 Å². The van der Waals surface area contributed by atoms with E-state index >= 15 is 0 Å². The Kier molecular flexibility index (Phi) is 8.06. The lowest BCUT2D eigenvalue weighted by atomic mass is 9.58. The first kappa shape index (κ1) is 31.9. The summed E-state index contributed by atoms with van der Waals surface area (Å²) in [7, 11) is 2.88. The molecule has 7 rings (SSSR count). The van der Waals surface area contributed by atoms with Crippen molar-refractivity contribution < 1.29 is 33.8 Å². The normalized spacial score (nSPS) is 26.0. The van der Waals surface area contributed by atoms with Gasteiger partial charge >= 0.3 is 0 Å². The number of fused-ring (bicyclic) bond motifs is 4. The summed E-state index contributed by atoms with van der Waals surface area (Å²) < 4.78 is 10.7. The molecule has 49 heavy (non-hydrogen) atoms. The SMILES string of the molecule is C=Cc1ccc(N2C(=O)[C@H]3[C@H](CC=C4[C@H]3C[C@H]3C(=O)N(c5ccc(C=C)cc5)C(=O)[C@H]3[C@H]4C=Cc3cc(OC)c(O)c(OC)c3)C2=O)cc1. The number of aromatic hydroxyl groups is 1. The molecule has 0 bridgehead atoms. The summed E-state index contributed by atoms with van der Waals surface area (Å²) in [6.45, 7) is 7.57. The predicted molar refractivity (Wildman–Crippen MR) is 187 cm³/mol. The molecule has 4 amide bonds. The minimum atomic E-state index is -0.711. The molecule has 6 atom stereocenters. The lowest BCUT2D eigenvalue weighted by Crippen LogP contribution is -2.43. The van der Waals surface area contributed by atoms with E-state index in [0.29, 0.717) is 23.4 Å². The van der Waals surface area contributed by atoms with Gasteiger partial charge in [0.05, 0.1) is 49.3 Å². The van der Waals surface area contributed by atoms with Crippen molar-refractivity contribution >= 4 is 53.2 Å². The smallest absolute Gasteiger partial charge is 0.238 e. The van der Waals surface area contributed by atoms with Crippen LogP contribution in [0.5, 0.6) is 17.2 Å². The summed E-state index contributed by atoms with van der Waals surface area (Å²) >= 11 is 0. The number of amides is 4. The zero-order valence-corrected chi connectivity index (χ0v) is 27.2. The molecule has 0 spiro atoms. The van der Waals surface area contributed by atoms with Gasteiger partial charge in [-0.15, -0.1) is 0 Å². The number of hydrogen-bond acceptors (Lipinski definition) is 7. The molecule has 0 aromatic heterocycles. The molecule has 3 fully saturated rings. The Morgan fingerprint density at radius 1 is 0.694 bits per heavy atom. The lowest BCUT2D eigenvalue weighted by molar-refractivity contribution is -0.126. The zero-order valence-electron chi connectivity index (χ0n) is 27.2. The maximum atomic E-state index is 14.3. The summed E-state index contributed by atoms with van der Waals surface area (Å²) in [6.07, 6.45) is 9.72. The van der Waals surface area contributed by atoms with Gasteiger partial charge in [0.1, 0.15) is 0 Å². The van der Waals surface area contributed by atoms with Crippen LogP contribution in [0.1, 0.15) is 29.5 Å². The van der Waals surface area contributed by atoms with Crippen molar-refractivity contribution in [2.75, 3.05) is 24.0 Å². The average molecular weight is 657 g/mol. The molecule has 2 aliphatic heterocycles. The summed E-state index contributed by atoms with van der Waals surface area (Å²) in [6, 6.07) is 17.5. The second kappa shape index (κ2) is 12.4. The first-order valence-electron chi connectivity index (χ1n) is 16.2. The van der Waals surface area contributed by atoms with Crippen LogP contribution in [0, 0.1) is 35.5 Å². The highest BCUT2D eigenvalue weighted by Gasteiger charge is 2.61. The molecule has 0 radical (unpaired) electrons. The number of carbonyl (C=O) groups excluding carboxylic acids is 4. The number of imide groups is 2. The Balaban J connectivity index is 1.30. The number of anilines is 2. The molecule has 2 aliphatic carbocycles. The number of hydrogen-bond donors (Lipinski definition) is 1. The Labute approximate surface area is 284 Å². The fourth-order valence-corrected chi connectivity index (χ4v) is 8.10. The minimum Gasteiger partial charge on any atom is -0.502 e. The molecule has 2 heterocycles. The zero-order chi connectivity index (χ0) is 34.6. The van der Waals surface area contributed by atoms with Crippen molar-refractivity contribution in [3.63, 3.8) is 0 Å². The van der Waals surface area contributed by atoms with Crippen molar-refractivity contribution in [2.45, 2.75) is 12.8 Å². The number of benzene rings is 3. The molecular weight excluding hydrogens is 620 g/mol. The molecule has 0 unspecified atom stereocenters. The van der Waals surface area contributed by atoms with Crippen LogP contribution < -0.4 is 19.3 Å². The van der Waals surface area contributed by atoms with E-state index in [2.05, 4.69) is 13.2 Å². The van der Waals surface area contributed by atoms with Crippen LogP contribution in [0.2, 0.25) is 0 Å². The van der Waals surface area contributed by atoms with E-state index in [1.165, 1.54) is 24.0 Å². The van der Waals surface area contributed by atoms with Crippen molar-refractivity contribution in [3.8, 4) is 17.2 Å². The van der Waals surface area contributed by atoms with Crippen LogP contribution in [-0.2, 0) is 19.2 Å². The van der Waals surface area contributed by atoms with Gasteiger partial charge in [-0.3, -0.25) is 29.0 Å². The third-order valence-corrected chi connectivity index (χ3v) is 10.5. The Hall–Kier alpha value is -5.70. The fourth-order valence-electron chi connectivity index (χ4n) is 8.10. The number of ether oxygens (including phenoxy) is 2. The number of phenolic OH excluding ortho intramolecular Hbond substituents is 1. The van der Waals surface area contributed by atoms with Crippen LogP contribution in [0.3, 0.4) is 0 Å². The highest BCUT2D eigenvalue weighted by Crippen LogP contribution is 2.56. The number of methoxy groups -OCH3 is 2. The van der Waals surface area contributed by atoms with Gasteiger partial charge < -0.3 is 14.6 Å². The van der Waals surface area contributed by atoms with Crippen LogP contribution in [0.4, 0.5) is 11.4 Å². The highest BCUT2D eigenvalue weighted by atomic mass is 16.5. The number of allylic oxidation sites excluding steroid dienone is 3. The van der Waals surface area contributed by atoms with Crippen LogP contribution >= 0.6 is 0 Å². The van der Waals surface area contributed by atoms with Gasteiger partial charge in [0.15, 0.2) is 11.5 Å². The molecular formula is C40H36N2O7. The van der Waals surface area contributed by atoms with Gasteiger partial charge in [0.2, 0.25) is 29.4 Å². The van der Waals surface area contributed by atoms with Gasteiger partial charge in [-0.25, -0.2) is 0 Å². The largest absolute Gasteiger partial charge is 0.502 e. The molecule has 248 valence electrons. The van der Waals surface area contributed by atoms with Crippen molar-refractivity contribution in [1.82, 2.24) is 0 Å². The molecule has 1 N–H and O–H groups in total. The lowest BCUT2D eigenvalue weighted by Gasteiger charge is -2.42. The van der Waals surface area contributed by atoms with Crippen LogP contribution in [0.15, 0.2) is 91.5 Å². The number of phenols is 1. The van der Waals surface area contributed by atoms with Gasteiger partial charge in [-0.05, 0) is 71.8 Å². The number of carbonyl (C=O) groups is 4. The standard InChI is InChI=1S/C40H36N2O7/c1-5-22-7-12-25(13-8-22)41-37(44)29-18-17-27-28(16-11-24-19-32(48-3)36(43)33(20-24)49-4)34-31(21-30(27)35(29)40(41)47)38(45)42(39(34)46)26-14-9-23(6-2)10-15-26/h5-17,19-20,28-31,34-35,43H,1-2,18,21H2,3-4H3/t28-,29-,30+,31+,34-,35-/m0/s1. The van der Waals surface area contributed by atoms with Gasteiger partial charge in [0, 0.05) is 5.92 Å². The first-order chi connectivity index (χ1) is 23.7. The molecule has 2 saturated heterocycles. The van der Waals surface area contributed by atoms with Crippen molar-refractivity contribution in [1.29, 1.82) is 0 Å². The Bertz CT molecular complexity index is 1930. The maximum Gasteiger partial charge on any atom is 0.238 e. The van der Waals surface area contributed by atoms with E-state index in [-0.39, 0.29) is 47.3 Å². The van der Waals surface area contributed by atoms with E-state index in [4.69, 9.17) is 9.47 Å². The van der Waals surface area contributed by atoms with Gasteiger partial charge in [-0.1, -0.05) is 73.4 Å². The van der Waals surface area contributed by atoms with E-state index < -0.39 is 35.5 Å². The molecule has 9 nitrogen and oxygen atoms in total. The van der Waals surface area contributed by atoms with Crippen molar-refractivity contribution in [2.24, 2.45) is 35.5 Å². The monoisotopic (exact) mass is 656 g/mol. The molecule has 1 saturated carbocycles. The minimum absolute atomic E-state index is 0.135. The topological polar surface area (TPSA) is 113 Å². The number of nitrogens with zero attached hydrogens (tertiary/aromatic N) is 2. The van der Waals surface area contributed by atoms with E-state index in [1.807, 2.05) is 30.4 Å². The van der Waals surface area contributed by atoms with Gasteiger partial charge in [-0.2, -0.15) is 0 Å². The third kappa shape index (κ3) is 5.08. The second-order valence-corrected chi connectivity index (χ2v) is 12.8. The Morgan fingerprint density at radius 3 is 1.71 bits per heavy atom. The second-order valence-electron chi connectivity index (χ2n) is 12.8. The maximum absolute atomic E-state index is 14.3. The van der Waals surface area contributed by atoms with Crippen molar-refractivity contribution in [3.05, 3.63) is 108 Å². The number of rotatable bonds is 8. The van der Waals surface area contributed by atoms with E-state index in [0.717, 1.165) is 16.7 Å². The summed E-state index contributed by atoms with van der Waals surface area (Å²) in [5, 5.41) is 10.5. The molecule has 3 aromatic carbocycles. The molecule has 4 aliphatic rings. The first-order valence-corrected chi connectivity index (χ1v) is 16.2. The third-order valence-electron chi connectivity index (χ3n) is 10.5. The molecule has 3 aromatic rings. The van der Waals surface area contributed by atoms with Crippen LogP contribution in [-0.4, -0.2) is 43.0 Å². The van der Waals surface area contributed by atoms with Gasteiger partial charge in [0.25, 0.3) is 0 Å². The predicted octanol–water partition coefficient (Wildman–Crippen LogP) is 6.29. The summed E-state index contributed by atoms with van der Waals surface area (Å²) in [5.41, 5.74) is 4.23. The molecule has 9 heteroatoms. The fraction of sp³-hybridized carbons (Fsp3) is 0.250. The Morgan fingerprint density at radius 2 is 1.20 bits per heavy atom. The van der Waals surface area contributed by atoms with E-state index in [9.17, 15) is 24.3 Å². The summed E-state index contributed by atoms with van der Waals surface area (Å²) in [5.74, 6) is -4.48. The van der Waals surface area contributed by atoms with E-state index in [1.54, 1.807) is 60.7 Å². The summed E-state index contributed by atoms with van der Waals surface area (Å²) in [4.78, 5) is 59.1. The average Bonchev–Trinajstić information content (AvgIpc) is 3.54. The quantitative estimate of drug-likeness (QED) is 0.224. The highest BCUT2D eigenvalue weighted by molar-refractivity contribution is 6.24.